The molecule has 6 heteroatoms. The highest BCUT2D eigenvalue weighted by molar-refractivity contribution is 5.95. The summed E-state index contributed by atoms with van der Waals surface area (Å²) in [6.07, 6.45) is 0. The van der Waals surface area contributed by atoms with E-state index < -0.39 is 11.6 Å². The number of anilines is 1. The van der Waals surface area contributed by atoms with Crippen LogP contribution in [0.2, 0.25) is 0 Å². The van der Waals surface area contributed by atoms with Gasteiger partial charge >= 0.3 is 5.69 Å². The normalized spacial score (nSPS) is 10.4. The highest BCUT2D eigenvalue weighted by Gasteiger charge is 2.14. The Morgan fingerprint density at radius 1 is 1.29 bits per heavy atom. The van der Waals surface area contributed by atoms with E-state index in [4.69, 9.17) is 11.5 Å². The number of carbonyl (C=O) groups excluding carboxylic acids is 1. The van der Waals surface area contributed by atoms with Crippen LogP contribution in [0.3, 0.4) is 0 Å². The van der Waals surface area contributed by atoms with Crippen LogP contribution in [0.1, 0.15) is 16.1 Å². The Bertz CT molecular complexity index is 598. The molecule has 0 fully saturated rings. The van der Waals surface area contributed by atoms with E-state index in [1.165, 1.54) is 4.57 Å². The number of carbonyl (C=O) groups is 1. The molecule has 0 radical (unpaired) electrons. The van der Waals surface area contributed by atoms with Crippen molar-refractivity contribution in [2.75, 3.05) is 5.73 Å². The summed E-state index contributed by atoms with van der Waals surface area (Å²) >= 11 is 0. The first-order valence-electron chi connectivity index (χ1n) is 5.01. The first-order chi connectivity index (χ1) is 8.09. The van der Waals surface area contributed by atoms with Gasteiger partial charge in [0.05, 0.1) is 6.54 Å². The van der Waals surface area contributed by atoms with Gasteiger partial charge in [-0.2, -0.15) is 0 Å². The first-order valence-corrected chi connectivity index (χ1v) is 5.01. The number of nitrogen functional groups attached to an aromatic ring is 1. The van der Waals surface area contributed by atoms with E-state index in [0.717, 1.165) is 5.56 Å². The molecule has 5 N–H and O–H groups in total. The predicted molar refractivity (Wildman–Crippen MR) is 63.5 cm³/mol. The molecule has 0 saturated carbocycles. The lowest BCUT2D eigenvalue weighted by Gasteiger charge is -2.04. The Kier molecular flexibility index (Phi) is 2.70. The number of benzene rings is 1. The van der Waals surface area contributed by atoms with Gasteiger partial charge in [-0.15, -0.1) is 0 Å². The second kappa shape index (κ2) is 4.17. The molecule has 0 bridgehead atoms. The van der Waals surface area contributed by atoms with E-state index >= 15 is 0 Å². The second-order valence-electron chi connectivity index (χ2n) is 3.63. The van der Waals surface area contributed by atoms with Crippen LogP contribution in [0, 0.1) is 0 Å². The molecule has 1 heterocycles. The van der Waals surface area contributed by atoms with Gasteiger partial charge in [-0.05, 0) is 5.56 Å². The number of H-pyrrole nitrogens is 1. The average molecular weight is 232 g/mol. The Hall–Kier alpha value is -2.50. The summed E-state index contributed by atoms with van der Waals surface area (Å²) in [4.78, 5) is 24.9. The van der Waals surface area contributed by atoms with E-state index in [9.17, 15) is 9.59 Å². The van der Waals surface area contributed by atoms with E-state index in [1.807, 2.05) is 30.3 Å². The summed E-state index contributed by atoms with van der Waals surface area (Å²) in [6, 6.07) is 9.32. The van der Waals surface area contributed by atoms with Gasteiger partial charge in [0.25, 0.3) is 5.91 Å². The van der Waals surface area contributed by atoms with Crippen molar-refractivity contribution in [2.45, 2.75) is 6.54 Å². The number of nitrogens with two attached hydrogens (primary N) is 2. The van der Waals surface area contributed by atoms with Gasteiger partial charge in [0.2, 0.25) is 0 Å². The van der Waals surface area contributed by atoms with Crippen LogP contribution in [0.5, 0.6) is 0 Å². The number of hydrogen-bond donors (Lipinski definition) is 3. The van der Waals surface area contributed by atoms with Crippen LogP contribution in [-0.4, -0.2) is 15.5 Å². The van der Waals surface area contributed by atoms with Gasteiger partial charge < -0.3 is 11.5 Å². The van der Waals surface area contributed by atoms with Crippen LogP contribution in [0.15, 0.2) is 35.1 Å². The van der Waals surface area contributed by atoms with Crippen molar-refractivity contribution in [3.8, 4) is 0 Å². The molecule has 17 heavy (non-hydrogen) atoms. The third-order valence-corrected chi connectivity index (χ3v) is 2.45. The van der Waals surface area contributed by atoms with E-state index in [1.54, 1.807) is 0 Å². The summed E-state index contributed by atoms with van der Waals surface area (Å²) in [6.45, 7) is 0.301. The minimum absolute atomic E-state index is 0.0501. The predicted octanol–water partition coefficient (Wildman–Crippen LogP) is -0.0942. The van der Waals surface area contributed by atoms with Crippen LogP contribution >= 0.6 is 0 Å². The number of hydrogen-bond acceptors (Lipinski definition) is 3. The summed E-state index contributed by atoms with van der Waals surface area (Å²) in [5, 5.41) is 0. The highest BCUT2D eigenvalue weighted by Crippen LogP contribution is 2.08. The van der Waals surface area contributed by atoms with Gasteiger partial charge in [0, 0.05) is 0 Å². The fourth-order valence-electron chi connectivity index (χ4n) is 1.59. The summed E-state index contributed by atoms with van der Waals surface area (Å²) in [5.41, 5.74) is 11.2. The zero-order chi connectivity index (χ0) is 12.4. The van der Waals surface area contributed by atoms with Crippen molar-refractivity contribution in [2.24, 2.45) is 5.73 Å². The van der Waals surface area contributed by atoms with Crippen molar-refractivity contribution < 1.29 is 4.79 Å². The standard InChI is InChI=1S/C11H12N4O2/c12-9-8(10(13)16)14-11(17)15(9)6-7-4-2-1-3-5-7/h1-5H,6,12H2,(H2,13,16)(H,14,17). The topological polar surface area (TPSA) is 107 Å². The zero-order valence-corrected chi connectivity index (χ0v) is 9.01. The Labute approximate surface area is 96.9 Å². The number of imidazole rings is 1. The number of primary amides is 1. The lowest BCUT2D eigenvalue weighted by molar-refractivity contribution is 0.0997. The number of nitrogens with zero attached hydrogens (tertiary/aromatic N) is 1. The van der Waals surface area contributed by atoms with Gasteiger partial charge in [-0.3, -0.25) is 14.3 Å². The van der Waals surface area contributed by atoms with Gasteiger partial charge in [-0.1, -0.05) is 30.3 Å². The van der Waals surface area contributed by atoms with E-state index in [2.05, 4.69) is 4.98 Å². The van der Waals surface area contributed by atoms with Gasteiger partial charge in [-0.25, -0.2) is 4.79 Å². The monoisotopic (exact) mass is 232 g/mol. The maximum absolute atomic E-state index is 11.6. The molecule has 0 atom stereocenters. The molecule has 0 aliphatic heterocycles. The minimum atomic E-state index is -0.744. The molecule has 0 spiro atoms. The first kappa shape index (κ1) is 11.0. The number of rotatable bonds is 3. The molecule has 1 aromatic carbocycles. The third kappa shape index (κ3) is 2.05. The van der Waals surface area contributed by atoms with E-state index in [-0.39, 0.29) is 11.5 Å². The second-order valence-corrected chi connectivity index (χ2v) is 3.63. The molecule has 2 aromatic rings. The minimum Gasteiger partial charge on any atom is -0.383 e. The molecule has 1 aromatic heterocycles. The number of aromatic amines is 1. The molecular weight excluding hydrogens is 220 g/mol. The lowest BCUT2D eigenvalue weighted by Crippen LogP contribution is -2.19. The van der Waals surface area contributed by atoms with Crippen LogP contribution in [-0.2, 0) is 6.54 Å². The highest BCUT2D eigenvalue weighted by atomic mass is 16.2. The fraction of sp³-hybridized carbons (Fsp3) is 0.0909. The van der Waals surface area contributed by atoms with Gasteiger partial charge in [0.1, 0.15) is 11.5 Å². The van der Waals surface area contributed by atoms with Crippen molar-refractivity contribution in [3.05, 3.63) is 52.1 Å². The van der Waals surface area contributed by atoms with Crippen LogP contribution in [0.4, 0.5) is 5.82 Å². The fourth-order valence-corrected chi connectivity index (χ4v) is 1.59. The smallest absolute Gasteiger partial charge is 0.328 e. The average Bonchev–Trinajstić information content (AvgIpc) is 2.58. The molecular formula is C11H12N4O2. The SMILES string of the molecule is NC(=O)c1[nH]c(=O)n(Cc2ccccc2)c1N. The van der Waals surface area contributed by atoms with Crippen LogP contribution in [0.25, 0.3) is 0 Å². The van der Waals surface area contributed by atoms with Crippen molar-refractivity contribution in [1.29, 1.82) is 0 Å². The molecule has 0 aliphatic carbocycles. The maximum atomic E-state index is 11.6. The zero-order valence-electron chi connectivity index (χ0n) is 9.01. The molecule has 0 saturated heterocycles. The molecule has 6 nitrogen and oxygen atoms in total. The Morgan fingerprint density at radius 2 is 1.94 bits per heavy atom. The molecule has 1 amide bonds. The molecule has 88 valence electrons. The molecule has 0 aliphatic rings. The number of aromatic nitrogens is 2. The van der Waals surface area contributed by atoms with E-state index in [0.29, 0.717) is 6.54 Å². The Morgan fingerprint density at radius 3 is 2.47 bits per heavy atom. The summed E-state index contributed by atoms with van der Waals surface area (Å²) in [7, 11) is 0. The third-order valence-electron chi connectivity index (χ3n) is 2.45. The number of amides is 1. The Balaban J connectivity index is 2.41. The van der Waals surface area contributed by atoms with Crippen LogP contribution < -0.4 is 17.2 Å². The van der Waals surface area contributed by atoms with Crippen molar-refractivity contribution in [1.82, 2.24) is 9.55 Å². The quantitative estimate of drug-likeness (QED) is 0.688. The maximum Gasteiger partial charge on any atom is 0.328 e. The molecule has 2 rings (SSSR count). The largest absolute Gasteiger partial charge is 0.383 e. The molecule has 0 unspecified atom stereocenters. The summed E-state index contributed by atoms with van der Waals surface area (Å²) in [5.74, 6) is -0.683. The lowest BCUT2D eigenvalue weighted by atomic mass is 10.2. The van der Waals surface area contributed by atoms with Gasteiger partial charge in [0.15, 0.2) is 0 Å². The van der Waals surface area contributed by atoms with Crippen molar-refractivity contribution >= 4 is 11.7 Å². The van der Waals surface area contributed by atoms with Crippen molar-refractivity contribution in [3.63, 3.8) is 0 Å². The number of nitrogens with one attached hydrogen (secondary N) is 1. The summed E-state index contributed by atoms with van der Waals surface area (Å²) < 4.78 is 1.27.